The lowest BCUT2D eigenvalue weighted by molar-refractivity contribution is 0.140. The third kappa shape index (κ3) is 1.52. The molecule has 0 saturated carbocycles. The number of methoxy groups -OCH3 is 1. The van der Waals surface area contributed by atoms with E-state index in [1.165, 1.54) is 5.56 Å². The van der Waals surface area contributed by atoms with Crippen LogP contribution in [0, 0.1) is 0 Å². The van der Waals surface area contributed by atoms with Crippen molar-refractivity contribution in [3.63, 3.8) is 0 Å². The van der Waals surface area contributed by atoms with Crippen LogP contribution in [0.5, 0.6) is 17.2 Å². The van der Waals surface area contributed by atoms with Crippen LogP contribution in [-0.4, -0.2) is 13.7 Å². The molecule has 0 spiro atoms. The third-order valence-corrected chi connectivity index (χ3v) is 4.55. The van der Waals surface area contributed by atoms with Gasteiger partial charge in [-0.25, -0.2) is 0 Å². The van der Waals surface area contributed by atoms with Crippen LogP contribution in [-0.2, 0) is 0 Å². The molecule has 4 heteroatoms. The lowest BCUT2D eigenvalue weighted by Crippen LogP contribution is -2.23. The Morgan fingerprint density at radius 3 is 2.91 bits per heavy atom. The zero-order chi connectivity index (χ0) is 14.7. The summed E-state index contributed by atoms with van der Waals surface area (Å²) in [6.45, 7) is 0.614. The summed E-state index contributed by atoms with van der Waals surface area (Å²) in [5.41, 5.74) is 3.11. The second-order valence-electron chi connectivity index (χ2n) is 5.71. The highest BCUT2D eigenvalue weighted by atomic mass is 16.5. The Labute approximate surface area is 127 Å². The topological polar surface area (TPSA) is 40.8 Å². The third-order valence-electron chi connectivity index (χ3n) is 4.55. The van der Waals surface area contributed by atoms with Gasteiger partial charge in [0.1, 0.15) is 28.9 Å². The first-order chi connectivity index (χ1) is 10.8. The Balaban J connectivity index is 1.64. The minimum atomic E-state index is -0.00911. The van der Waals surface area contributed by atoms with Crippen LogP contribution in [0.15, 0.2) is 47.1 Å². The Morgan fingerprint density at radius 2 is 2.00 bits per heavy atom. The van der Waals surface area contributed by atoms with E-state index in [0.717, 1.165) is 33.8 Å². The quantitative estimate of drug-likeness (QED) is 0.679. The maximum atomic E-state index is 6.21. The highest BCUT2D eigenvalue weighted by Crippen LogP contribution is 2.52. The van der Waals surface area contributed by atoms with Gasteiger partial charge in [-0.2, -0.15) is 0 Å². The standard InChI is InChI=1S/C18H14O4/c1-19-11-2-3-12-14-9-21-16-8-15-10(4-5-20-15)6-13(16)18(14)22-17(12)7-11/h2-8,14,18H,9H2,1H3/t14-,18-/m0/s1. The molecule has 0 bridgehead atoms. The second kappa shape index (κ2) is 4.19. The van der Waals surface area contributed by atoms with Gasteiger partial charge in [0.2, 0.25) is 0 Å². The molecule has 5 rings (SSSR count). The summed E-state index contributed by atoms with van der Waals surface area (Å²) in [6, 6.07) is 12.0. The van der Waals surface area contributed by atoms with E-state index in [1.54, 1.807) is 13.4 Å². The molecule has 2 aliphatic rings. The van der Waals surface area contributed by atoms with Crippen molar-refractivity contribution >= 4 is 11.0 Å². The van der Waals surface area contributed by atoms with E-state index in [0.29, 0.717) is 6.61 Å². The van der Waals surface area contributed by atoms with E-state index >= 15 is 0 Å². The monoisotopic (exact) mass is 294 g/mol. The van der Waals surface area contributed by atoms with Gasteiger partial charge in [0.15, 0.2) is 0 Å². The van der Waals surface area contributed by atoms with Crippen LogP contribution in [0.2, 0.25) is 0 Å². The van der Waals surface area contributed by atoms with Gasteiger partial charge in [0.05, 0.1) is 25.9 Å². The van der Waals surface area contributed by atoms with Crippen molar-refractivity contribution in [3.8, 4) is 17.2 Å². The molecular formula is C18H14O4. The molecular weight excluding hydrogens is 280 g/mol. The van der Waals surface area contributed by atoms with Gasteiger partial charge in [0, 0.05) is 28.6 Å². The van der Waals surface area contributed by atoms with Crippen molar-refractivity contribution in [1.82, 2.24) is 0 Å². The highest BCUT2D eigenvalue weighted by molar-refractivity contribution is 5.80. The second-order valence-corrected chi connectivity index (χ2v) is 5.71. The normalized spacial score (nSPS) is 21.5. The molecule has 0 fully saturated rings. The van der Waals surface area contributed by atoms with Crippen LogP contribution in [0.25, 0.3) is 11.0 Å². The molecule has 2 aliphatic heterocycles. The van der Waals surface area contributed by atoms with E-state index in [-0.39, 0.29) is 12.0 Å². The molecule has 1 aromatic heterocycles. The van der Waals surface area contributed by atoms with E-state index < -0.39 is 0 Å². The lowest BCUT2D eigenvalue weighted by Gasteiger charge is -2.27. The molecule has 0 unspecified atom stereocenters. The molecule has 0 saturated heterocycles. The fourth-order valence-electron chi connectivity index (χ4n) is 3.42. The van der Waals surface area contributed by atoms with Crippen molar-refractivity contribution in [2.45, 2.75) is 12.0 Å². The molecule has 0 N–H and O–H groups in total. The summed E-state index contributed by atoms with van der Waals surface area (Å²) >= 11 is 0. The average molecular weight is 294 g/mol. The van der Waals surface area contributed by atoms with E-state index in [2.05, 4.69) is 12.1 Å². The van der Waals surface area contributed by atoms with Gasteiger partial charge in [0.25, 0.3) is 0 Å². The van der Waals surface area contributed by atoms with Crippen molar-refractivity contribution < 1.29 is 18.6 Å². The average Bonchev–Trinajstić information content (AvgIpc) is 3.15. The number of ether oxygens (including phenoxy) is 3. The lowest BCUT2D eigenvalue weighted by atomic mass is 9.89. The maximum Gasteiger partial charge on any atom is 0.138 e. The fraction of sp³-hybridized carbons (Fsp3) is 0.222. The van der Waals surface area contributed by atoms with E-state index in [1.807, 2.05) is 24.3 Å². The molecule has 110 valence electrons. The van der Waals surface area contributed by atoms with Crippen molar-refractivity contribution in [3.05, 3.63) is 53.8 Å². The van der Waals surface area contributed by atoms with Crippen LogP contribution in [0.1, 0.15) is 23.1 Å². The Kier molecular flexibility index (Phi) is 2.28. The molecule has 3 heterocycles. The Bertz CT molecular complexity index is 880. The van der Waals surface area contributed by atoms with Gasteiger partial charge >= 0.3 is 0 Å². The molecule has 2 atom stereocenters. The van der Waals surface area contributed by atoms with Crippen LogP contribution >= 0.6 is 0 Å². The smallest absolute Gasteiger partial charge is 0.138 e. The van der Waals surface area contributed by atoms with Gasteiger partial charge in [-0.15, -0.1) is 0 Å². The number of rotatable bonds is 1. The minimum Gasteiger partial charge on any atom is -0.497 e. The summed E-state index contributed by atoms with van der Waals surface area (Å²) in [6.07, 6.45) is 1.69. The Hall–Kier alpha value is -2.62. The van der Waals surface area contributed by atoms with Crippen LogP contribution in [0.4, 0.5) is 0 Å². The molecule has 22 heavy (non-hydrogen) atoms. The molecule has 3 aromatic rings. The van der Waals surface area contributed by atoms with Gasteiger partial charge in [-0.1, -0.05) is 6.07 Å². The zero-order valence-electron chi connectivity index (χ0n) is 12.0. The zero-order valence-corrected chi connectivity index (χ0v) is 12.0. The van der Waals surface area contributed by atoms with Crippen molar-refractivity contribution in [2.75, 3.05) is 13.7 Å². The summed E-state index contributed by atoms with van der Waals surface area (Å²) in [5.74, 6) is 2.77. The van der Waals surface area contributed by atoms with Crippen molar-refractivity contribution in [1.29, 1.82) is 0 Å². The largest absolute Gasteiger partial charge is 0.497 e. The number of fused-ring (bicyclic) bond motifs is 6. The molecule has 4 nitrogen and oxygen atoms in total. The van der Waals surface area contributed by atoms with E-state index in [9.17, 15) is 0 Å². The number of hydrogen-bond acceptors (Lipinski definition) is 4. The van der Waals surface area contributed by atoms with Crippen LogP contribution in [0.3, 0.4) is 0 Å². The number of benzene rings is 2. The summed E-state index contributed by atoms with van der Waals surface area (Å²) in [7, 11) is 1.66. The Morgan fingerprint density at radius 1 is 1.05 bits per heavy atom. The van der Waals surface area contributed by atoms with Gasteiger partial charge in [-0.05, 0) is 18.2 Å². The molecule has 0 aliphatic carbocycles. The van der Waals surface area contributed by atoms with E-state index in [4.69, 9.17) is 18.6 Å². The molecule has 2 aromatic carbocycles. The maximum absolute atomic E-state index is 6.21. The highest BCUT2D eigenvalue weighted by Gasteiger charge is 2.41. The van der Waals surface area contributed by atoms with Gasteiger partial charge in [-0.3, -0.25) is 0 Å². The minimum absolute atomic E-state index is 0.00911. The summed E-state index contributed by atoms with van der Waals surface area (Å²) < 4.78 is 22.9. The predicted octanol–water partition coefficient (Wildman–Crippen LogP) is 4.05. The first-order valence-electron chi connectivity index (χ1n) is 7.32. The molecule has 0 amide bonds. The summed E-state index contributed by atoms with van der Waals surface area (Å²) in [5, 5.41) is 1.07. The number of hydrogen-bond donors (Lipinski definition) is 0. The number of furan rings is 1. The summed E-state index contributed by atoms with van der Waals surface area (Å²) in [4.78, 5) is 0. The molecule has 0 radical (unpaired) electrons. The van der Waals surface area contributed by atoms with Crippen LogP contribution < -0.4 is 14.2 Å². The SMILES string of the molecule is COc1ccc2c(c1)O[C@H]1c3cc4ccoc4cc3OC[C@@H]21. The first-order valence-corrected chi connectivity index (χ1v) is 7.32. The van der Waals surface area contributed by atoms with Crippen molar-refractivity contribution in [2.24, 2.45) is 0 Å². The van der Waals surface area contributed by atoms with Gasteiger partial charge < -0.3 is 18.6 Å². The first kappa shape index (κ1) is 12.0. The predicted molar refractivity (Wildman–Crippen MR) is 80.8 cm³/mol. The fourth-order valence-corrected chi connectivity index (χ4v) is 3.42.